The normalized spacial score (nSPS) is 17.3. The lowest BCUT2D eigenvalue weighted by molar-refractivity contribution is 0.00940. The number of aryl methyl sites for hydroxylation is 1. The number of aromatic nitrogens is 2. The van der Waals surface area contributed by atoms with Crippen molar-refractivity contribution < 1.29 is 13.9 Å². The van der Waals surface area contributed by atoms with Crippen LogP contribution in [-0.2, 0) is 11.3 Å². The molecule has 1 saturated heterocycles. The zero-order chi connectivity index (χ0) is 17.9. The second-order valence-electron chi connectivity index (χ2n) is 6.60. The van der Waals surface area contributed by atoms with Crippen LogP contribution in [0.5, 0.6) is 0 Å². The van der Waals surface area contributed by atoms with Crippen LogP contribution in [0.15, 0.2) is 41.1 Å². The van der Waals surface area contributed by atoms with E-state index in [4.69, 9.17) is 9.15 Å². The van der Waals surface area contributed by atoms with E-state index in [2.05, 4.69) is 15.3 Å². The Morgan fingerprint density at radius 1 is 1.23 bits per heavy atom. The standard InChI is InChI=1S/C20H21N3O3/c1-13-8-16-9-15(5-6-17(16)26-13)20(24)23-12-14-10-21-19(22-11-14)18-4-2-3-7-25-18/h5-6,8-11,18H,2-4,7,12H2,1H3,(H,23,24). The number of benzene rings is 1. The van der Waals surface area contributed by atoms with Gasteiger partial charge in [0.15, 0.2) is 5.82 Å². The molecule has 134 valence electrons. The van der Waals surface area contributed by atoms with Crippen molar-refractivity contribution in [1.82, 2.24) is 15.3 Å². The predicted octanol–water partition coefficient (Wildman–Crippen LogP) is 3.70. The number of carbonyl (C=O) groups excluding carboxylic acids is 1. The van der Waals surface area contributed by atoms with Gasteiger partial charge in [-0.05, 0) is 50.5 Å². The summed E-state index contributed by atoms with van der Waals surface area (Å²) in [6, 6.07) is 7.34. The first-order valence-corrected chi connectivity index (χ1v) is 8.90. The first-order chi connectivity index (χ1) is 12.7. The Labute approximate surface area is 151 Å². The van der Waals surface area contributed by atoms with Crippen LogP contribution in [0.4, 0.5) is 0 Å². The molecule has 6 heteroatoms. The van der Waals surface area contributed by atoms with Gasteiger partial charge in [0.1, 0.15) is 17.4 Å². The van der Waals surface area contributed by atoms with E-state index in [-0.39, 0.29) is 12.0 Å². The molecule has 1 fully saturated rings. The number of nitrogens with one attached hydrogen (secondary N) is 1. The smallest absolute Gasteiger partial charge is 0.251 e. The number of ether oxygens (including phenoxy) is 1. The highest BCUT2D eigenvalue weighted by atomic mass is 16.5. The maximum atomic E-state index is 12.4. The van der Waals surface area contributed by atoms with Gasteiger partial charge in [-0.1, -0.05) is 0 Å². The fourth-order valence-corrected chi connectivity index (χ4v) is 3.17. The largest absolute Gasteiger partial charge is 0.461 e. The van der Waals surface area contributed by atoms with Crippen molar-refractivity contribution in [1.29, 1.82) is 0 Å². The van der Waals surface area contributed by atoms with Crippen molar-refractivity contribution in [2.24, 2.45) is 0 Å². The number of amides is 1. The molecular formula is C20H21N3O3. The van der Waals surface area contributed by atoms with Crippen molar-refractivity contribution in [3.05, 3.63) is 59.4 Å². The van der Waals surface area contributed by atoms with E-state index in [1.807, 2.05) is 25.1 Å². The molecular weight excluding hydrogens is 330 g/mol. The van der Waals surface area contributed by atoms with Gasteiger partial charge < -0.3 is 14.5 Å². The Morgan fingerprint density at radius 2 is 2.08 bits per heavy atom. The fraction of sp³-hybridized carbons (Fsp3) is 0.350. The maximum absolute atomic E-state index is 12.4. The van der Waals surface area contributed by atoms with Crippen LogP contribution in [0.1, 0.15) is 52.9 Å². The molecule has 0 radical (unpaired) electrons. The van der Waals surface area contributed by atoms with E-state index < -0.39 is 0 Å². The zero-order valence-corrected chi connectivity index (χ0v) is 14.7. The number of fused-ring (bicyclic) bond motifs is 1. The summed E-state index contributed by atoms with van der Waals surface area (Å²) in [5, 5.41) is 3.83. The summed E-state index contributed by atoms with van der Waals surface area (Å²) in [5.74, 6) is 1.42. The molecule has 1 aliphatic rings. The molecule has 0 aliphatic carbocycles. The molecule has 0 spiro atoms. The molecule has 1 N–H and O–H groups in total. The predicted molar refractivity (Wildman–Crippen MR) is 96.7 cm³/mol. The zero-order valence-electron chi connectivity index (χ0n) is 14.7. The van der Waals surface area contributed by atoms with Crippen molar-refractivity contribution in [2.45, 2.75) is 38.8 Å². The van der Waals surface area contributed by atoms with Crippen LogP contribution in [0, 0.1) is 6.92 Å². The summed E-state index contributed by atoms with van der Waals surface area (Å²) in [6.45, 7) is 3.04. The number of hydrogen-bond donors (Lipinski definition) is 1. The number of carbonyl (C=O) groups is 1. The van der Waals surface area contributed by atoms with Gasteiger partial charge in [-0.3, -0.25) is 4.79 Å². The molecule has 1 amide bonds. The molecule has 4 rings (SSSR count). The molecule has 26 heavy (non-hydrogen) atoms. The van der Waals surface area contributed by atoms with Crippen molar-refractivity contribution >= 4 is 16.9 Å². The Hall–Kier alpha value is -2.73. The number of nitrogens with zero attached hydrogens (tertiary/aromatic N) is 2. The van der Waals surface area contributed by atoms with Crippen molar-refractivity contribution in [3.8, 4) is 0 Å². The van der Waals surface area contributed by atoms with Gasteiger partial charge in [-0.2, -0.15) is 0 Å². The minimum absolute atomic E-state index is 0.00228. The topological polar surface area (TPSA) is 77.2 Å². The van der Waals surface area contributed by atoms with E-state index in [1.54, 1.807) is 18.5 Å². The van der Waals surface area contributed by atoms with E-state index in [0.717, 1.165) is 54.0 Å². The molecule has 1 aromatic carbocycles. The molecule has 6 nitrogen and oxygen atoms in total. The van der Waals surface area contributed by atoms with Crippen LogP contribution in [0.3, 0.4) is 0 Å². The third-order valence-corrected chi connectivity index (χ3v) is 4.55. The van der Waals surface area contributed by atoms with Crippen LogP contribution < -0.4 is 5.32 Å². The van der Waals surface area contributed by atoms with E-state index in [0.29, 0.717) is 12.1 Å². The van der Waals surface area contributed by atoms with Gasteiger partial charge in [0.05, 0.1) is 0 Å². The minimum atomic E-state index is -0.134. The van der Waals surface area contributed by atoms with Crippen LogP contribution in [-0.4, -0.2) is 22.5 Å². The molecule has 2 aromatic heterocycles. The highest BCUT2D eigenvalue weighted by Crippen LogP contribution is 2.25. The van der Waals surface area contributed by atoms with Gasteiger partial charge in [0.25, 0.3) is 5.91 Å². The third kappa shape index (κ3) is 3.60. The summed E-state index contributed by atoms with van der Waals surface area (Å²) in [7, 11) is 0. The monoisotopic (exact) mass is 351 g/mol. The summed E-state index contributed by atoms with van der Waals surface area (Å²) in [4.78, 5) is 21.2. The Kier molecular flexibility index (Phi) is 4.67. The summed E-state index contributed by atoms with van der Waals surface area (Å²) in [6.07, 6.45) is 6.72. The van der Waals surface area contributed by atoms with E-state index in [9.17, 15) is 4.79 Å². The quantitative estimate of drug-likeness (QED) is 0.775. The number of rotatable bonds is 4. The van der Waals surface area contributed by atoms with E-state index >= 15 is 0 Å². The lowest BCUT2D eigenvalue weighted by Gasteiger charge is -2.21. The summed E-state index contributed by atoms with van der Waals surface area (Å²) < 4.78 is 11.2. The van der Waals surface area contributed by atoms with E-state index in [1.165, 1.54) is 0 Å². The average Bonchev–Trinajstić information content (AvgIpc) is 3.06. The van der Waals surface area contributed by atoms with Gasteiger partial charge >= 0.3 is 0 Å². The summed E-state index contributed by atoms with van der Waals surface area (Å²) in [5.41, 5.74) is 2.25. The Morgan fingerprint density at radius 3 is 2.85 bits per heavy atom. The average molecular weight is 351 g/mol. The lowest BCUT2D eigenvalue weighted by Crippen LogP contribution is -2.23. The van der Waals surface area contributed by atoms with Crippen molar-refractivity contribution in [3.63, 3.8) is 0 Å². The van der Waals surface area contributed by atoms with Crippen LogP contribution >= 0.6 is 0 Å². The maximum Gasteiger partial charge on any atom is 0.251 e. The first-order valence-electron chi connectivity index (χ1n) is 8.90. The Bertz CT molecular complexity index is 912. The molecule has 0 saturated carbocycles. The van der Waals surface area contributed by atoms with Crippen LogP contribution in [0.2, 0.25) is 0 Å². The molecule has 3 aromatic rings. The lowest BCUT2D eigenvalue weighted by atomic mass is 10.1. The second-order valence-corrected chi connectivity index (χ2v) is 6.60. The third-order valence-electron chi connectivity index (χ3n) is 4.55. The summed E-state index contributed by atoms with van der Waals surface area (Å²) >= 11 is 0. The van der Waals surface area contributed by atoms with Crippen LogP contribution in [0.25, 0.3) is 11.0 Å². The van der Waals surface area contributed by atoms with Gasteiger partial charge in [-0.15, -0.1) is 0 Å². The molecule has 3 heterocycles. The number of furan rings is 1. The Balaban J connectivity index is 1.38. The molecule has 1 aliphatic heterocycles. The second kappa shape index (κ2) is 7.25. The molecule has 1 atom stereocenters. The highest BCUT2D eigenvalue weighted by Gasteiger charge is 2.18. The number of hydrogen-bond acceptors (Lipinski definition) is 5. The highest BCUT2D eigenvalue weighted by molar-refractivity contribution is 5.97. The fourth-order valence-electron chi connectivity index (χ4n) is 3.17. The SMILES string of the molecule is Cc1cc2cc(C(=O)NCc3cnc(C4CCCCO4)nc3)ccc2o1. The molecule has 1 unspecified atom stereocenters. The first kappa shape index (κ1) is 16.7. The minimum Gasteiger partial charge on any atom is -0.461 e. The van der Waals surface area contributed by atoms with Crippen molar-refractivity contribution in [2.75, 3.05) is 6.61 Å². The molecule has 0 bridgehead atoms. The van der Waals surface area contributed by atoms with Gasteiger partial charge in [-0.25, -0.2) is 9.97 Å². The van der Waals surface area contributed by atoms with Gasteiger partial charge in [0.2, 0.25) is 0 Å². The van der Waals surface area contributed by atoms with Gasteiger partial charge in [0, 0.05) is 42.1 Å².